The molecule has 110 valence electrons. The van der Waals surface area contributed by atoms with Crippen molar-refractivity contribution < 1.29 is 4.79 Å². The minimum absolute atomic E-state index is 0.00692. The monoisotopic (exact) mass is 283 g/mol. The first kappa shape index (κ1) is 14.0. The minimum Gasteiger partial charge on any atom is -0.352 e. The number of aromatic nitrogens is 1. The standard InChI is InChI=1S/C17H21N3O/c18-9-3-4-10-19-17(21)14-11-16(12-7-8-12)20-15-6-2-1-5-13(14)15/h1-2,5-6,11-12H,3-4,7-10,18H2,(H,19,21). The number of nitrogens with zero attached hydrogens (tertiary/aromatic N) is 1. The molecule has 21 heavy (non-hydrogen) atoms. The molecule has 2 aromatic rings. The predicted octanol–water partition coefficient (Wildman–Crippen LogP) is 2.58. The van der Waals surface area contributed by atoms with Gasteiger partial charge in [0.2, 0.25) is 0 Å². The molecule has 1 saturated carbocycles. The molecule has 0 atom stereocenters. The lowest BCUT2D eigenvalue weighted by atomic mass is 10.1. The number of rotatable bonds is 6. The summed E-state index contributed by atoms with van der Waals surface area (Å²) < 4.78 is 0. The maximum atomic E-state index is 12.4. The molecule has 0 bridgehead atoms. The Morgan fingerprint density at radius 1 is 1.29 bits per heavy atom. The molecule has 4 nitrogen and oxygen atoms in total. The van der Waals surface area contributed by atoms with Gasteiger partial charge in [-0.15, -0.1) is 0 Å². The van der Waals surface area contributed by atoms with E-state index in [1.165, 1.54) is 12.8 Å². The number of pyridine rings is 1. The van der Waals surface area contributed by atoms with Gasteiger partial charge in [0.15, 0.2) is 0 Å². The van der Waals surface area contributed by atoms with Crippen molar-refractivity contribution in [1.82, 2.24) is 10.3 Å². The van der Waals surface area contributed by atoms with Crippen molar-refractivity contribution in [3.8, 4) is 0 Å². The van der Waals surface area contributed by atoms with Gasteiger partial charge in [-0.05, 0) is 44.4 Å². The summed E-state index contributed by atoms with van der Waals surface area (Å²) in [6.45, 7) is 1.34. The van der Waals surface area contributed by atoms with E-state index in [1.54, 1.807) is 0 Å². The lowest BCUT2D eigenvalue weighted by Crippen LogP contribution is -2.25. The number of hydrogen-bond donors (Lipinski definition) is 2. The molecule has 3 N–H and O–H groups in total. The third-order valence-corrected chi connectivity index (χ3v) is 3.89. The molecule has 1 heterocycles. The molecule has 1 aliphatic carbocycles. The molecule has 3 rings (SSSR count). The van der Waals surface area contributed by atoms with Crippen LogP contribution in [0.2, 0.25) is 0 Å². The summed E-state index contributed by atoms with van der Waals surface area (Å²) in [6, 6.07) is 9.83. The fourth-order valence-corrected chi connectivity index (χ4v) is 2.54. The average Bonchev–Trinajstić information content (AvgIpc) is 3.35. The second-order valence-corrected chi connectivity index (χ2v) is 5.64. The number of benzene rings is 1. The number of amides is 1. The molecular formula is C17H21N3O. The van der Waals surface area contributed by atoms with E-state index in [4.69, 9.17) is 10.7 Å². The Kier molecular flexibility index (Phi) is 4.15. The van der Waals surface area contributed by atoms with E-state index in [0.717, 1.165) is 35.0 Å². The van der Waals surface area contributed by atoms with Gasteiger partial charge in [0, 0.05) is 23.5 Å². The van der Waals surface area contributed by atoms with Crippen LogP contribution in [-0.4, -0.2) is 24.0 Å². The van der Waals surface area contributed by atoms with Gasteiger partial charge < -0.3 is 11.1 Å². The van der Waals surface area contributed by atoms with Crippen molar-refractivity contribution in [2.24, 2.45) is 5.73 Å². The summed E-state index contributed by atoms with van der Waals surface area (Å²) in [5.41, 5.74) is 8.18. The van der Waals surface area contributed by atoms with Crippen LogP contribution in [0.3, 0.4) is 0 Å². The highest BCUT2D eigenvalue weighted by Crippen LogP contribution is 2.40. The summed E-state index contributed by atoms with van der Waals surface area (Å²) in [4.78, 5) is 17.1. The highest BCUT2D eigenvalue weighted by atomic mass is 16.1. The van der Waals surface area contributed by atoms with Crippen LogP contribution in [0.4, 0.5) is 0 Å². The molecule has 1 aliphatic rings. The lowest BCUT2D eigenvalue weighted by Gasteiger charge is -2.10. The fraction of sp³-hybridized carbons (Fsp3) is 0.412. The predicted molar refractivity (Wildman–Crippen MR) is 84.3 cm³/mol. The van der Waals surface area contributed by atoms with Crippen LogP contribution in [-0.2, 0) is 0 Å². The van der Waals surface area contributed by atoms with Crippen LogP contribution >= 0.6 is 0 Å². The lowest BCUT2D eigenvalue weighted by molar-refractivity contribution is 0.0954. The Balaban J connectivity index is 1.86. The van der Waals surface area contributed by atoms with E-state index in [9.17, 15) is 4.79 Å². The number of unbranched alkanes of at least 4 members (excludes halogenated alkanes) is 1. The van der Waals surface area contributed by atoms with Crippen molar-refractivity contribution in [1.29, 1.82) is 0 Å². The van der Waals surface area contributed by atoms with Crippen LogP contribution in [0.15, 0.2) is 30.3 Å². The summed E-state index contributed by atoms with van der Waals surface area (Å²) >= 11 is 0. The Bertz CT molecular complexity index is 650. The van der Waals surface area contributed by atoms with E-state index >= 15 is 0 Å². The number of fused-ring (bicyclic) bond motifs is 1. The summed E-state index contributed by atoms with van der Waals surface area (Å²) in [6.07, 6.45) is 4.22. The number of hydrogen-bond acceptors (Lipinski definition) is 3. The summed E-state index contributed by atoms with van der Waals surface area (Å²) in [5.74, 6) is 0.533. The quantitative estimate of drug-likeness (QED) is 0.801. The number of para-hydroxylation sites is 1. The Labute approximate surface area is 124 Å². The average molecular weight is 283 g/mol. The Morgan fingerprint density at radius 2 is 2.10 bits per heavy atom. The smallest absolute Gasteiger partial charge is 0.252 e. The molecule has 4 heteroatoms. The number of nitrogens with two attached hydrogens (primary N) is 1. The van der Waals surface area contributed by atoms with Crippen LogP contribution in [0.5, 0.6) is 0 Å². The zero-order valence-electron chi connectivity index (χ0n) is 12.1. The number of nitrogens with one attached hydrogen (secondary N) is 1. The highest BCUT2D eigenvalue weighted by Gasteiger charge is 2.26. The zero-order valence-corrected chi connectivity index (χ0v) is 12.1. The molecule has 0 aliphatic heterocycles. The zero-order chi connectivity index (χ0) is 14.7. The molecule has 1 aromatic heterocycles. The van der Waals surface area contributed by atoms with Crippen molar-refractivity contribution in [3.05, 3.63) is 41.6 Å². The van der Waals surface area contributed by atoms with E-state index < -0.39 is 0 Å². The van der Waals surface area contributed by atoms with Crippen LogP contribution in [0.25, 0.3) is 10.9 Å². The third-order valence-electron chi connectivity index (χ3n) is 3.89. The topological polar surface area (TPSA) is 68.0 Å². The van der Waals surface area contributed by atoms with Gasteiger partial charge in [0.25, 0.3) is 5.91 Å². The second kappa shape index (κ2) is 6.22. The highest BCUT2D eigenvalue weighted by molar-refractivity contribution is 6.06. The normalized spacial score (nSPS) is 14.3. The van der Waals surface area contributed by atoms with E-state index in [0.29, 0.717) is 19.0 Å². The first-order chi connectivity index (χ1) is 10.3. The SMILES string of the molecule is NCCCCNC(=O)c1cc(C2CC2)nc2ccccc12. The van der Waals surface area contributed by atoms with Gasteiger partial charge >= 0.3 is 0 Å². The fourth-order valence-electron chi connectivity index (χ4n) is 2.54. The first-order valence-corrected chi connectivity index (χ1v) is 7.67. The molecule has 1 aromatic carbocycles. The molecule has 0 radical (unpaired) electrons. The van der Waals surface area contributed by atoms with Gasteiger partial charge in [-0.1, -0.05) is 18.2 Å². The molecule has 1 fully saturated rings. The van der Waals surface area contributed by atoms with Crippen LogP contribution in [0, 0.1) is 0 Å². The number of carbonyl (C=O) groups is 1. The van der Waals surface area contributed by atoms with Gasteiger partial charge in [-0.25, -0.2) is 0 Å². The first-order valence-electron chi connectivity index (χ1n) is 7.67. The molecule has 0 spiro atoms. The van der Waals surface area contributed by atoms with Crippen molar-refractivity contribution in [3.63, 3.8) is 0 Å². The van der Waals surface area contributed by atoms with Crippen LogP contribution in [0.1, 0.15) is 47.7 Å². The van der Waals surface area contributed by atoms with E-state index in [2.05, 4.69) is 5.32 Å². The summed E-state index contributed by atoms with van der Waals surface area (Å²) in [5, 5.41) is 3.92. The number of carbonyl (C=O) groups excluding carboxylic acids is 1. The van der Waals surface area contributed by atoms with Gasteiger partial charge in [-0.2, -0.15) is 0 Å². The van der Waals surface area contributed by atoms with Gasteiger partial charge in [-0.3, -0.25) is 9.78 Å². The summed E-state index contributed by atoms with van der Waals surface area (Å²) in [7, 11) is 0. The van der Waals surface area contributed by atoms with E-state index in [-0.39, 0.29) is 5.91 Å². The van der Waals surface area contributed by atoms with Gasteiger partial charge in [0.1, 0.15) is 0 Å². The van der Waals surface area contributed by atoms with Crippen molar-refractivity contribution in [2.75, 3.05) is 13.1 Å². The maximum Gasteiger partial charge on any atom is 0.252 e. The minimum atomic E-state index is -0.00692. The molecular weight excluding hydrogens is 262 g/mol. The molecule has 0 unspecified atom stereocenters. The van der Waals surface area contributed by atoms with Gasteiger partial charge in [0.05, 0.1) is 11.1 Å². The largest absolute Gasteiger partial charge is 0.352 e. The van der Waals surface area contributed by atoms with Crippen LogP contribution < -0.4 is 11.1 Å². The second-order valence-electron chi connectivity index (χ2n) is 5.64. The van der Waals surface area contributed by atoms with E-state index in [1.807, 2.05) is 30.3 Å². The molecule has 0 saturated heterocycles. The Hall–Kier alpha value is -1.94. The Morgan fingerprint density at radius 3 is 2.86 bits per heavy atom. The third kappa shape index (κ3) is 3.22. The maximum absolute atomic E-state index is 12.4. The molecule has 1 amide bonds. The van der Waals surface area contributed by atoms with Crippen molar-refractivity contribution >= 4 is 16.8 Å². The van der Waals surface area contributed by atoms with Crippen molar-refractivity contribution in [2.45, 2.75) is 31.6 Å².